The topological polar surface area (TPSA) is 75.3 Å². The molecule has 94 valence electrons. The molecule has 1 rings (SSSR count). The molecule has 0 saturated carbocycles. The maximum Gasteiger partial charge on any atom is 0.409 e. The van der Waals surface area contributed by atoms with Gasteiger partial charge in [0.2, 0.25) is 0 Å². The molecule has 17 heavy (non-hydrogen) atoms. The van der Waals surface area contributed by atoms with Gasteiger partial charge in [0.1, 0.15) is 5.69 Å². The lowest BCUT2D eigenvalue weighted by Gasteiger charge is -2.10. The van der Waals surface area contributed by atoms with Crippen LogP contribution in [0.2, 0.25) is 0 Å². The van der Waals surface area contributed by atoms with Gasteiger partial charge in [-0.25, -0.2) is 4.79 Å². The molecular weight excluding hydrogens is 222 g/mol. The Morgan fingerprint density at radius 1 is 1.41 bits per heavy atom. The number of hydrogen-bond acceptors (Lipinski definition) is 4. The van der Waals surface area contributed by atoms with Gasteiger partial charge in [-0.05, 0) is 6.92 Å². The molecule has 0 saturated heterocycles. The minimum atomic E-state index is -0.393. The van der Waals surface area contributed by atoms with E-state index in [1.54, 1.807) is 14.1 Å². The van der Waals surface area contributed by atoms with Crippen LogP contribution in [0.15, 0.2) is 0 Å². The van der Waals surface area contributed by atoms with Gasteiger partial charge in [0.25, 0.3) is 0 Å². The number of nitrogens with zero attached hydrogens (tertiary/aromatic N) is 2. The maximum atomic E-state index is 11.3. The summed E-state index contributed by atoms with van der Waals surface area (Å²) >= 11 is 0. The normalized spacial score (nSPS) is 10.1. The Hall–Kier alpha value is -1.85. The molecule has 0 aliphatic rings. The van der Waals surface area contributed by atoms with E-state index in [2.05, 4.69) is 10.2 Å². The summed E-state index contributed by atoms with van der Waals surface area (Å²) in [4.78, 5) is 23.8. The third-order valence-corrected chi connectivity index (χ3v) is 2.35. The van der Waals surface area contributed by atoms with Crippen molar-refractivity contribution in [3.63, 3.8) is 0 Å². The summed E-state index contributed by atoms with van der Waals surface area (Å²) in [5.74, 6) is -0.0942. The third-order valence-electron chi connectivity index (χ3n) is 2.35. The first-order valence-corrected chi connectivity index (χ1v) is 5.32. The van der Waals surface area contributed by atoms with Crippen LogP contribution >= 0.6 is 0 Å². The second-order valence-electron chi connectivity index (χ2n) is 3.99. The Morgan fingerprint density at radius 2 is 2.06 bits per heavy atom. The first kappa shape index (κ1) is 13.2. The van der Waals surface area contributed by atoms with E-state index in [1.165, 1.54) is 11.8 Å². The molecule has 1 N–H and O–H groups in total. The van der Waals surface area contributed by atoms with Gasteiger partial charge in [0, 0.05) is 38.7 Å². The minimum absolute atomic E-state index is 0.0942. The highest BCUT2D eigenvalue weighted by Crippen LogP contribution is 2.12. The van der Waals surface area contributed by atoms with Gasteiger partial charge in [-0.3, -0.25) is 9.89 Å². The Kier molecular flexibility index (Phi) is 4.25. The first-order valence-electron chi connectivity index (χ1n) is 5.32. The van der Waals surface area contributed by atoms with Gasteiger partial charge in [0.05, 0.1) is 6.61 Å². The van der Waals surface area contributed by atoms with Crippen LogP contribution < -0.4 is 0 Å². The molecule has 0 spiro atoms. The monoisotopic (exact) mass is 239 g/mol. The zero-order chi connectivity index (χ0) is 13.0. The molecule has 0 bridgehead atoms. The number of amides is 1. The van der Waals surface area contributed by atoms with Crippen LogP contribution in [0.4, 0.5) is 4.79 Å². The minimum Gasteiger partial charge on any atom is -0.449 e. The van der Waals surface area contributed by atoms with E-state index in [0.29, 0.717) is 12.1 Å². The van der Waals surface area contributed by atoms with Crippen molar-refractivity contribution < 1.29 is 14.3 Å². The van der Waals surface area contributed by atoms with Gasteiger partial charge in [-0.15, -0.1) is 0 Å². The standard InChI is InChI=1S/C11H17N3O3/c1-7-9(10(8(2)15)13-12-7)5-6-17-11(16)14(3)4/h5-6H2,1-4H3,(H,12,13). The number of H-pyrrole nitrogens is 1. The van der Waals surface area contributed by atoms with Crippen molar-refractivity contribution in [2.75, 3.05) is 20.7 Å². The van der Waals surface area contributed by atoms with E-state index in [1.807, 2.05) is 6.92 Å². The molecule has 0 radical (unpaired) electrons. The highest BCUT2D eigenvalue weighted by atomic mass is 16.6. The van der Waals surface area contributed by atoms with Crippen LogP contribution in [0.25, 0.3) is 0 Å². The first-order chi connectivity index (χ1) is 7.93. The lowest BCUT2D eigenvalue weighted by Crippen LogP contribution is -2.23. The van der Waals surface area contributed by atoms with Crippen molar-refractivity contribution >= 4 is 11.9 Å². The molecule has 0 fully saturated rings. The molecular formula is C11H17N3O3. The van der Waals surface area contributed by atoms with Crippen molar-refractivity contribution in [3.05, 3.63) is 17.0 Å². The molecule has 0 aliphatic carbocycles. The summed E-state index contributed by atoms with van der Waals surface area (Å²) in [6.45, 7) is 3.53. The molecule has 6 nitrogen and oxygen atoms in total. The second-order valence-corrected chi connectivity index (χ2v) is 3.99. The smallest absolute Gasteiger partial charge is 0.409 e. The number of aromatic amines is 1. The summed E-state index contributed by atoms with van der Waals surface area (Å²) in [6, 6.07) is 0. The number of nitrogens with one attached hydrogen (secondary N) is 1. The van der Waals surface area contributed by atoms with Crippen molar-refractivity contribution in [2.24, 2.45) is 0 Å². The van der Waals surface area contributed by atoms with Gasteiger partial charge < -0.3 is 9.64 Å². The Labute approximate surface area is 99.9 Å². The van der Waals surface area contributed by atoms with E-state index in [-0.39, 0.29) is 12.4 Å². The number of ketones is 1. The van der Waals surface area contributed by atoms with Gasteiger partial charge in [-0.2, -0.15) is 5.10 Å². The largest absolute Gasteiger partial charge is 0.449 e. The number of ether oxygens (including phenoxy) is 1. The molecule has 1 heterocycles. The lowest BCUT2D eigenvalue weighted by atomic mass is 10.1. The van der Waals surface area contributed by atoms with E-state index >= 15 is 0 Å². The van der Waals surface area contributed by atoms with Gasteiger partial charge >= 0.3 is 6.09 Å². The quantitative estimate of drug-likeness (QED) is 0.800. The molecule has 1 aromatic rings. The molecule has 0 aliphatic heterocycles. The number of carbonyl (C=O) groups is 2. The zero-order valence-electron chi connectivity index (χ0n) is 10.5. The fraction of sp³-hybridized carbons (Fsp3) is 0.545. The summed E-state index contributed by atoms with van der Waals surface area (Å²) in [7, 11) is 3.23. The van der Waals surface area contributed by atoms with Gasteiger partial charge in [-0.1, -0.05) is 0 Å². The SMILES string of the molecule is CC(=O)c1n[nH]c(C)c1CCOC(=O)N(C)C. The highest BCUT2D eigenvalue weighted by molar-refractivity contribution is 5.93. The van der Waals surface area contributed by atoms with Gasteiger partial charge in [0.15, 0.2) is 5.78 Å². The van der Waals surface area contributed by atoms with E-state index in [9.17, 15) is 9.59 Å². The summed E-state index contributed by atoms with van der Waals surface area (Å²) < 4.78 is 5.00. The average molecular weight is 239 g/mol. The van der Waals surface area contributed by atoms with Crippen LogP contribution in [0.5, 0.6) is 0 Å². The molecule has 1 amide bonds. The Bertz CT molecular complexity index is 424. The van der Waals surface area contributed by atoms with Crippen LogP contribution in [0.1, 0.15) is 28.7 Å². The predicted molar refractivity (Wildman–Crippen MR) is 62.1 cm³/mol. The fourth-order valence-corrected chi connectivity index (χ4v) is 1.42. The maximum absolute atomic E-state index is 11.3. The van der Waals surface area contributed by atoms with E-state index < -0.39 is 6.09 Å². The molecule has 6 heteroatoms. The fourth-order valence-electron chi connectivity index (χ4n) is 1.42. The number of aromatic nitrogens is 2. The summed E-state index contributed by atoms with van der Waals surface area (Å²) in [5, 5.41) is 6.68. The van der Waals surface area contributed by atoms with Crippen molar-refractivity contribution in [2.45, 2.75) is 20.3 Å². The number of carbonyl (C=O) groups excluding carboxylic acids is 2. The summed E-state index contributed by atoms with van der Waals surface area (Å²) in [5.41, 5.74) is 2.06. The lowest BCUT2D eigenvalue weighted by molar-refractivity contribution is 0.101. The van der Waals surface area contributed by atoms with Crippen molar-refractivity contribution in [1.82, 2.24) is 15.1 Å². The molecule has 0 atom stereocenters. The van der Waals surface area contributed by atoms with E-state index in [0.717, 1.165) is 11.3 Å². The zero-order valence-corrected chi connectivity index (χ0v) is 10.5. The number of hydrogen-bond donors (Lipinski definition) is 1. The van der Waals surface area contributed by atoms with Crippen LogP contribution in [-0.4, -0.2) is 47.7 Å². The Balaban J connectivity index is 2.60. The molecule has 1 aromatic heterocycles. The summed E-state index contributed by atoms with van der Waals surface area (Å²) in [6.07, 6.45) is 0.0899. The van der Waals surface area contributed by atoms with Crippen LogP contribution in [0, 0.1) is 6.92 Å². The van der Waals surface area contributed by atoms with Crippen LogP contribution in [0.3, 0.4) is 0 Å². The number of aryl methyl sites for hydroxylation is 1. The third kappa shape index (κ3) is 3.30. The number of Topliss-reactive ketones (excluding diaryl/α,β-unsaturated/α-hetero) is 1. The van der Waals surface area contributed by atoms with Crippen molar-refractivity contribution in [1.29, 1.82) is 0 Å². The number of rotatable bonds is 4. The second kappa shape index (κ2) is 5.47. The Morgan fingerprint density at radius 3 is 2.59 bits per heavy atom. The van der Waals surface area contributed by atoms with E-state index in [4.69, 9.17) is 4.74 Å². The highest BCUT2D eigenvalue weighted by Gasteiger charge is 2.14. The average Bonchev–Trinajstić information content (AvgIpc) is 2.60. The van der Waals surface area contributed by atoms with Crippen LogP contribution in [-0.2, 0) is 11.2 Å². The predicted octanol–water partition coefficient (Wildman–Crippen LogP) is 1.16. The van der Waals surface area contributed by atoms with Crippen molar-refractivity contribution in [3.8, 4) is 0 Å². The molecule has 0 aromatic carbocycles. The molecule has 0 unspecified atom stereocenters.